The molecule has 0 atom stereocenters. The Kier molecular flexibility index (Phi) is 3.07. The highest BCUT2D eigenvalue weighted by Crippen LogP contribution is 2.26. The standard InChI is InChI=1S/C17H15NO/c19-17-16-11-5-4-10-15(16)13-18(17)12-6-9-14-7-2-1-3-8-14/h1-11,13,19H,12H2. The number of allylic oxidation sites excluding steroid dienone is 1. The molecule has 19 heavy (non-hydrogen) atoms. The maximum absolute atomic E-state index is 10.1. The van der Waals surface area contributed by atoms with Crippen molar-refractivity contribution in [2.75, 3.05) is 0 Å². The molecule has 0 unspecified atom stereocenters. The molecule has 0 aliphatic heterocycles. The van der Waals surface area contributed by atoms with E-state index < -0.39 is 0 Å². The van der Waals surface area contributed by atoms with Crippen molar-refractivity contribution in [3.05, 3.63) is 72.4 Å². The topological polar surface area (TPSA) is 25.2 Å². The van der Waals surface area contributed by atoms with Crippen LogP contribution in [0.3, 0.4) is 0 Å². The van der Waals surface area contributed by atoms with Gasteiger partial charge in [-0.3, -0.25) is 0 Å². The Bertz CT molecular complexity index is 710. The minimum absolute atomic E-state index is 0.327. The fourth-order valence-corrected chi connectivity index (χ4v) is 2.20. The van der Waals surface area contributed by atoms with Gasteiger partial charge in [-0.05, 0) is 11.6 Å². The van der Waals surface area contributed by atoms with E-state index in [9.17, 15) is 5.11 Å². The quantitative estimate of drug-likeness (QED) is 0.744. The highest BCUT2D eigenvalue weighted by Gasteiger charge is 2.05. The van der Waals surface area contributed by atoms with E-state index in [0.717, 1.165) is 10.8 Å². The molecule has 2 aromatic carbocycles. The predicted octanol–water partition coefficient (Wildman–Crippen LogP) is 4.06. The summed E-state index contributed by atoms with van der Waals surface area (Å²) in [7, 11) is 0. The van der Waals surface area contributed by atoms with Crippen LogP contribution in [0.15, 0.2) is 66.9 Å². The fraction of sp³-hybridized carbons (Fsp3) is 0.0588. The van der Waals surface area contributed by atoms with Crippen molar-refractivity contribution in [3.8, 4) is 5.88 Å². The van der Waals surface area contributed by atoms with E-state index in [1.165, 1.54) is 5.56 Å². The van der Waals surface area contributed by atoms with E-state index in [0.29, 0.717) is 12.4 Å². The minimum Gasteiger partial charge on any atom is -0.494 e. The third kappa shape index (κ3) is 2.38. The number of hydrogen-bond donors (Lipinski definition) is 1. The van der Waals surface area contributed by atoms with Crippen LogP contribution in [0.1, 0.15) is 5.56 Å². The number of aromatic hydroxyl groups is 1. The highest BCUT2D eigenvalue weighted by atomic mass is 16.3. The third-order valence-electron chi connectivity index (χ3n) is 3.18. The molecule has 1 heterocycles. The van der Waals surface area contributed by atoms with E-state index in [-0.39, 0.29) is 0 Å². The lowest BCUT2D eigenvalue weighted by Crippen LogP contribution is -1.91. The molecule has 3 aromatic rings. The van der Waals surface area contributed by atoms with Crippen LogP contribution in [0, 0.1) is 0 Å². The molecule has 0 saturated heterocycles. The number of rotatable bonds is 3. The summed E-state index contributed by atoms with van der Waals surface area (Å²) in [5.74, 6) is 0.327. The number of benzene rings is 2. The van der Waals surface area contributed by atoms with Gasteiger partial charge in [-0.15, -0.1) is 0 Å². The number of nitrogens with zero attached hydrogens (tertiary/aromatic N) is 1. The molecule has 2 nitrogen and oxygen atoms in total. The Labute approximate surface area is 112 Å². The van der Waals surface area contributed by atoms with Crippen LogP contribution in [0.4, 0.5) is 0 Å². The zero-order valence-electron chi connectivity index (χ0n) is 10.5. The molecule has 0 aliphatic carbocycles. The van der Waals surface area contributed by atoms with Crippen LogP contribution in [-0.2, 0) is 6.54 Å². The van der Waals surface area contributed by atoms with E-state index in [4.69, 9.17) is 0 Å². The third-order valence-corrected chi connectivity index (χ3v) is 3.18. The lowest BCUT2D eigenvalue weighted by molar-refractivity contribution is 0.431. The normalized spacial score (nSPS) is 11.4. The van der Waals surface area contributed by atoms with Crippen molar-refractivity contribution >= 4 is 16.8 Å². The smallest absolute Gasteiger partial charge is 0.199 e. The largest absolute Gasteiger partial charge is 0.494 e. The van der Waals surface area contributed by atoms with Crippen LogP contribution >= 0.6 is 0 Å². The minimum atomic E-state index is 0.327. The fourth-order valence-electron chi connectivity index (χ4n) is 2.20. The van der Waals surface area contributed by atoms with Crippen LogP contribution in [0.25, 0.3) is 16.8 Å². The van der Waals surface area contributed by atoms with E-state index >= 15 is 0 Å². The second-order valence-corrected chi connectivity index (χ2v) is 4.51. The molecule has 1 aromatic heterocycles. The zero-order chi connectivity index (χ0) is 13.1. The molecule has 2 heteroatoms. The molecule has 0 saturated carbocycles. The Hall–Kier alpha value is -2.48. The van der Waals surface area contributed by atoms with Gasteiger partial charge in [0.2, 0.25) is 0 Å². The van der Waals surface area contributed by atoms with Crippen molar-refractivity contribution in [3.63, 3.8) is 0 Å². The summed E-state index contributed by atoms with van der Waals surface area (Å²) in [4.78, 5) is 0. The van der Waals surface area contributed by atoms with Crippen LogP contribution < -0.4 is 0 Å². The summed E-state index contributed by atoms with van der Waals surface area (Å²) in [6.07, 6.45) is 6.08. The second kappa shape index (κ2) is 5.02. The molecule has 0 radical (unpaired) electrons. The monoisotopic (exact) mass is 249 g/mol. The van der Waals surface area contributed by atoms with Gasteiger partial charge in [-0.2, -0.15) is 0 Å². The van der Waals surface area contributed by atoms with E-state index in [2.05, 4.69) is 18.2 Å². The van der Waals surface area contributed by atoms with Gasteiger partial charge in [0.05, 0.1) is 0 Å². The summed E-state index contributed by atoms with van der Waals surface area (Å²) in [6, 6.07) is 18.0. The van der Waals surface area contributed by atoms with Crippen LogP contribution in [0.2, 0.25) is 0 Å². The SMILES string of the molecule is Oc1c2ccccc2cn1CC=Cc1ccccc1. The average molecular weight is 249 g/mol. The molecule has 0 spiro atoms. The van der Waals surface area contributed by atoms with Crippen LogP contribution in [0.5, 0.6) is 5.88 Å². The molecule has 0 fully saturated rings. The van der Waals surface area contributed by atoms with Crippen molar-refractivity contribution in [1.29, 1.82) is 0 Å². The summed E-state index contributed by atoms with van der Waals surface area (Å²) >= 11 is 0. The summed E-state index contributed by atoms with van der Waals surface area (Å²) < 4.78 is 1.85. The molecule has 0 amide bonds. The van der Waals surface area contributed by atoms with Crippen molar-refractivity contribution < 1.29 is 5.11 Å². The summed E-state index contributed by atoms with van der Waals surface area (Å²) in [5, 5.41) is 12.1. The van der Waals surface area contributed by atoms with E-state index in [1.54, 1.807) is 0 Å². The first-order valence-corrected chi connectivity index (χ1v) is 6.33. The second-order valence-electron chi connectivity index (χ2n) is 4.51. The Morgan fingerprint density at radius 1 is 0.947 bits per heavy atom. The average Bonchev–Trinajstić information content (AvgIpc) is 2.78. The molecule has 1 N–H and O–H groups in total. The van der Waals surface area contributed by atoms with E-state index in [1.807, 2.05) is 59.3 Å². The maximum atomic E-state index is 10.1. The molecule has 3 rings (SSSR count). The Balaban J connectivity index is 1.82. The maximum Gasteiger partial charge on any atom is 0.199 e. The lowest BCUT2D eigenvalue weighted by Gasteiger charge is -2.00. The van der Waals surface area contributed by atoms with Gasteiger partial charge in [0.15, 0.2) is 5.88 Å². The van der Waals surface area contributed by atoms with Gasteiger partial charge in [0, 0.05) is 23.5 Å². The molecule has 0 bridgehead atoms. The molecular formula is C17H15NO. The summed E-state index contributed by atoms with van der Waals surface area (Å²) in [5.41, 5.74) is 1.17. The molecule has 94 valence electrons. The first-order valence-electron chi connectivity index (χ1n) is 6.33. The molecule has 0 aliphatic rings. The number of fused-ring (bicyclic) bond motifs is 1. The van der Waals surface area contributed by atoms with Gasteiger partial charge in [0.1, 0.15) is 0 Å². The summed E-state index contributed by atoms with van der Waals surface area (Å²) in [6.45, 7) is 0.662. The van der Waals surface area contributed by atoms with Gasteiger partial charge in [-0.1, -0.05) is 60.7 Å². The van der Waals surface area contributed by atoms with Crippen molar-refractivity contribution in [2.45, 2.75) is 6.54 Å². The Morgan fingerprint density at radius 3 is 2.47 bits per heavy atom. The lowest BCUT2D eigenvalue weighted by atomic mass is 10.2. The van der Waals surface area contributed by atoms with Gasteiger partial charge >= 0.3 is 0 Å². The predicted molar refractivity (Wildman–Crippen MR) is 79.1 cm³/mol. The first kappa shape index (κ1) is 11.6. The molecular weight excluding hydrogens is 234 g/mol. The van der Waals surface area contributed by atoms with Crippen molar-refractivity contribution in [2.24, 2.45) is 0 Å². The first-order chi connectivity index (χ1) is 9.34. The zero-order valence-corrected chi connectivity index (χ0v) is 10.5. The number of aromatic nitrogens is 1. The van der Waals surface area contributed by atoms with Crippen molar-refractivity contribution in [1.82, 2.24) is 4.57 Å². The van der Waals surface area contributed by atoms with Gasteiger partial charge < -0.3 is 9.67 Å². The van der Waals surface area contributed by atoms with Crippen LogP contribution in [-0.4, -0.2) is 9.67 Å². The highest BCUT2D eigenvalue weighted by molar-refractivity contribution is 5.87. The van der Waals surface area contributed by atoms with Gasteiger partial charge in [0.25, 0.3) is 0 Å². The number of hydrogen-bond acceptors (Lipinski definition) is 1. The van der Waals surface area contributed by atoms with Gasteiger partial charge in [-0.25, -0.2) is 0 Å². The Morgan fingerprint density at radius 2 is 1.68 bits per heavy atom.